The molecule has 6 heteroatoms. The SMILES string of the molecule is CCCCCCC(C)(N)O[Si](CCCN)(OCC)OCC. The maximum Gasteiger partial charge on any atom is 0.502 e. The normalized spacial score (nSPS) is 15.1. The number of rotatable bonds is 14. The maximum atomic E-state index is 6.34. The summed E-state index contributed by atoms with van der Waals surface area (Å²) < 4.78 is 18.0. The fourth-order valence-corrected chi connectivity index (χ4v) is 5.28. The number of hydrogen-bond acceptors (Lipinski definition) is 5. The van der Waals surface area contributed by atoms with Crippen molar-refractivity contribution >= 4 is 8.80 Å². The van der Waals surface area contributed by atoms with Crippen molar-refractivity contribution < 1.29 is 13.3 Å². The Balaban J connectivity index is 4.64. The highest BCUT2D eigenvalue weighted by molar-refractivity contribution is 6.60. The molecule has 1 atom stereocenters. The molecule has 0 saturated heterocycles. The van der Waals surface area contributed by atoms with Gasteiger partial charge in [-0.1, -0.05) is 26.2 Å². The third-order valence-corrected chi connectivity index (χ3v) is 6.53. The molecule has 0 aromatic carbocycles. The predicted molar refractivity (Wildman–Crippen MR) is 89.9 cm³/mol. The molecule has 0 aliphatic carbocycles. The van der Waals surface area contributed by atoms with E-state index in [4.69, 9.17) is 24.7 Å². The van der Waals surface area contributed by atoms with Crippen LogP contribution in [0.15, 0.2) is 0 Å². The Labute approximate surface area is 132 Å². The van der Waals surface area contributed by atoms with Gasteiger partial charge in [0, 0.05) is 19.3 Å². The van der Waals surface area contributed by atoms with Crippen molar-refractivity contribution in [1.29, 1.82) is 0 Å². The molecule has 0 aromatic rings. The van der Waals surface area contributed by atoms with Crippen LogP contribution < -0.4 is 11.5 Å². The van der Waals surface area contributed by atoms with Gasteiger partial charge in [-0.15, -0.1) is 0 Å². The molecule has 0 aliphatic rings. The van der Waals surface area contributed by atoms with Gasteiger partial charge in [0.05, 0.1) is 0 Å². The lowest BCUT2D eigenvalue weighted by Gasteiger charge is -2.37. The third-order valence-electron chi connectivity index (χ3n) is 3.33. The van der Waals surface area contributed by atoms with Gasteiger partial charge in [-0.3, -0.25) is 0 Å². The van der Waals surface area contributed by atoms with Gasteiger partial charge in [0.2, 0.25) is 0 Å². The van der Waals surface area contributed by atoms with Gasteiger partial charge in [0.1, 0.15) is 5.72 Å². The first-order valence-electron chi connectivity index (χ1n) is 8.42. The Morgan fingerprint density at radius 2 is 1.57 bits per heavy atom. The molecule has 128 valence electrons. The molecule has 0 heterocycles. The summed E-state index contributed by atoms with van der Waals surface area (Å²) in [6.07, 6.45) is 6.37. The Kier molecular flexibility index (Phi) is 11.6. The summed E-state index contributed by atoms with van der Waals surface area (Å²) in [5.41, 5.74) is 11.3. The fourth-order valence-electron chi connectivity index (χ4n) is 2.36. The highest BCUT2D eigenvalue weighted by atomic mass is 28.4. The van der Waals surface area contributed by atoms with Crippen LogP contribution in [0.2, 0.25) is 6.04 Å². The second-order valence-electron chi connectivity index (χ2n) is 5.67. The molecule has 0 aliphatic heterocycles. The zero-order valence-electron chi connectivity index (χ0n) is 14.5. The lowest BCUT2D eigenvalue weighted by molar-refractivity contribution is -0.0226. The smallest absolute Gasteiger partial charge is 0.374 e. The molecular weight excluding hydrogens is 284 g/mol. The van der Waals surface area contributed by atoms with Gasteiger partial charge < -0.3 is 24.7 Å². The Hall–Kier alpha value is 0.0169. The van der Waals surface area contributed by atoms with Gasteiger partial charge in [-0.25, -0.2) is 0 Å². The molecule has 0 bridgehead atoms. The molecule has 4 N–H and O–H groups in total. The lowest BCUT2D eigenvalue weighted by Crippen LogP contribution is -2.56. The van der Waals surface area contributed by atoms with Crippen molar-refractivity contribution in [2.75, 3.05) is 19.8 Å². The summed E-state index contributed by atoms with van der Waals surface area (Å²) in [4.78, 5) is 0. The molecule has 0 fully saturated rings. The molecule has 1 unspecified atom stereocenters. The summed E-state index contributed by atoms with van der Waals surface area (Å²) >= 11 is 0. The highest BCUT2D eigenvalue weighted by Crippen LogP contribution is 2.25. The van der Waals surface area contributed by atoms with Crippen molar-refractivity contribution in [2.24, 2.45) is 11.5 Å². The minimum atomic E-state index is -2.73. The number of hydrogen-bond donors (Lipinski definition) is 2. The van der Waals surface area contributed by atoms with Crippen molar-refractivity contribution in [2.45, 2.75) is 78.0 Å². The highest BCUT2D eigenvalue weighted by Gasteiger charge is 2.44. The summed E-state index contributed by atoms with van der Waals surface area (Å²) in [7, 11) is -2.73. The first-order chi connectivity index (χ1) is 9.95. The van der Waals surface area contributed by atoms with Crippen LogP contribution in [0.5, 0.6) is 0 Å². The van der Waals surface area contributed by atoms with Crippen LogP contribution in [0.1, 0.15) is 66.2 Å². The fraction of sp³-hybridized carbons (Fsp3) is 1.00. The van der Waals surface area contributed by atoms with E-state index in [0.29, 0.717) is 19.8 Å². The molecule has 21 heavy (non-hydrogen) atoms. The first-order valence-corrected chi connectivity index (χ1v) is 10.4. The summed E-state index contributed by atoms with van der Waals surface area (Å²) in [5, 5.41) is 0. The van der Waals surface area contributed by atoms with E-state index in [9.17, 15) is 0 Å². The average Bonchev–Trinajstić information content (AvgIpc) is 2.41. The van der Waals surface area contributed by atoms with Crippen molar-refractivity contribution in [3.63, 3.8) is 0 Å². The summed E-state index contributed by atoms with van der Waals surface area (Å²) in [6.45, 7) is 9.80. The molecule has 0 rings (SSSR count). The minimum Gasteiger partial charge on any atom is -0.374 e. The molecule has 0 amide bonds. The zero-order chi connectivity index (χ0) is 16.2. The first kappa shape index (κ1) is 21.0. The van der Waals surface area contributed by atoms with Crippen LogP contribution in [0.4, 0.5) is 0 Å². The van der Waals surface area contributed by atoms with E-state index in [0.717, 1.165) is 25.3 Å². The minimum absolute atomic E-state index is 0.572. The summed E-state index contributed by atoms with van der Waals surface area (Å²) in [6, 6.07) is 0.729. The van der Waals surface area contributed by atoms with E-state index in [1.165, 1.54) is 19.3 Å². The van der Waals surface area contributed by atoms with E-state index < -0.39 is 14.5 Å². The lowest BCUT2D eigenvalue weighted by atomic mass is 10.1. The third kappa shape index (κ3) is 9.60. The molecule has 5 nitrogen and oxygen atoms in total. The molecular formula is C15H36N2O3Si. The second-order valence-corrected chi connectivity index (χ2v) is 8.31. The van der Waals surface area contributed by atoms with E-state index in [2.05, 4.69) is 6.92 Å². The van der Waals surface area contributed by atoms with Crippen LogP contribution in [0.25, 0.3) is 0 Å². The van der Waals surface area contributed by atoms with Crippen molar-refractivity contribution in [3.8, 4) is 0 Å². The summed E-state index contributed by atoms with van der Waals surface area (Å²) in [5.74, 6) is 0. The number of nitrogens with two attached hydrogens (primary N) is 2. The standard InChI is InChI=1S/C15H36N2O3Si/c1-5-8-9-10-12-15(4,17)20-21(18-6-2,19-7-3)14-11-13-16/h5-14,16-17H2,1-4H3. The van der Waals surface area contributed by atoms with Gasteiger partial charge in [0.25, 0.3) is 0 Å². The number of unbranched alkanes of at least 4 members (excludes halogenated alkanes) is 3. The topological polar surface area (TPSA) is 79.7 Å². The van der Waals surface area contributed by atoms with Gasteiger partial charge in [-0.2, -0.15) is 0 Å². The van der Waals surface area contributed by atoms with E-state index in [-0.39, 0.29) is 0 Å². The van der Waals surface area contributed by atoms with Crippen molar-refractivity contribution in [3.05, 3.63) is 0 Å². The second kappa shape index (κ2) is 11.6. The van der Waals surface area contributed by atoms with E-state index in [1.54, 1.807) is 0 Å². The Morgan fingerprint density at radius 1 is 0.952 bits per heavy atom. The quantitative estimate of drug-likeness (QED) is 0.292. The Bertz CT molecular complexity index is 247. The Morgan fingerprint density at radius 3 is 2.05 bits per heavy atom. The molecule has 0 aromatic heterocycles. The van der Waals surface area contributed by atoms with Crippen LogP contribution >= 0.6 is 0 Å². The van der Waals surface area contributed by atoms with Crippen LogP contribution in [-0.2, 0) is 13.3 Å². The van der Waals surface area contributed by atoms with Crippen LogP contribution in [0.3, 0.4) is 0 Å². The largest absolute Gasteiger partial charge is 0.502 e. The monoisotopic (exact) mass is 320 g/mol. The zero-order valence-corrected chi connectivity index (χ0v) is 15.5. The molecule has 0 saturated carbocycles. The van der Waals surface area contributed by atoms with Crippen LogP contribution in [0, 0.1) is 0 Å². The average molecular weight is 321 g/mol. The van der Waals surface area contributed by atoms with Crippen molar-refractivity contribution in [1.82, 2.24) is 0 Å². The predicted octanol–water partition coefficient (Wildman–Crippen LogP) is 3.01. The van der Waals surface area contributed by atoms with Crippen LogP contribution in [-0.4, -0.2) is 34.3 Å². The van der Waals surface area contributed by atoms with Gasteiger partial charge in [-0.05, 0) is 46.6 Å². The van der Waals surface area contributed by atoms with Gasteiger partial charge in [0.15, 0.2) is 0 Å². The maximum absolute atomic E-state index is 6.34. The van der Waals surface area contributed by atoms with E-state index in [1.807, 2.05) is 20.8 Å². The molecule has 0 spiro atoms. The van der Waals surface area contributed by atoms with E-state index >= 15 is 0 Å². The van der Waals surface area contributed by atoms with Gasteiger partial charge >= 0.3 is 8.80 Å². The molecule has 0 radical (unpaired) electrons.